The summed E-state index contributed by atoms with van der Waals surface area (Å²) in [6.07, 6.45) is 0.959. The quantitative estimate of drug-likeness (QED) is 0.430. The largest absolute Gasteiger partial charge is 0.486 e. The van der Waals surface area contributed by atoms with E-state index in [9.17, 15) is 0 Å². The van der Waals surface area contributed by atoms with Crippen molar-refractivity contribution in [1.29, 1.82) is 0 Å². The van der Waals surface area contributed by atoms with E-state index in [2.05, 4.69) is 17.9 Å². The molecule has 2 aliphatic rings. The van der Waals surface area contributed by atoms with Gasteiger partial charge in [-0.2, -0.15) is 0 Å². The lowest BCUT2D eigenvalue weighted by Crippen LogP contribution is -2.40. The first-order valence-electron chi connectivity index (χ1n) is 11.0. The summed E-state index contributed by atoms with van der Waals surface area (Å²) in [6.45, 7) is 4.37. The normalized spacial score (nSPS) is 16.8. The molecule has 32 heavy (non-hydrogen) atoms. The second kappa shape index (κ2) is 7.75. The van der Waals surface area contributed by atoms with Gasteiger partial charge in [0.2, 0.25) is 0 Å². The number of hydrogen-bond donors (Lipinski definition) is 0. The second-order valence-corrected chi connectivity index (χ2v) is 8.31. The van der Waals surface area contributed by atoms with Crippen LogP contribution >= 0.6 is 0 Å². The number of ether oxygens (including phenoxy) is 3. The summed E-state index contributed by atoms with van der Waals surface area (Å²) >= 11 is 0. The molecule has 0 spiro atoms. The van der Waals surface area contributed by atoms with Crippen LogP contribution in [-0.4, -0.2) is 30.8 Å². The molecule has 0 N–H and O–H groups in total. The Morgan fingerprint density at radius 3 is 2.66 bits per heavy atom. The summed E-state index contributed by atoms with van der Waals surface area (Å²) in [5.74, 6) is 3.28. The third-order valence-electron chi connectivity index (χ3n) is 6.15. The minimum atomic E-state index is -0.0249. The molecule has 0 aliphatic carbocycles. The van der Waals surface area contributed by atoms with E-state index in [0.717, 1.165) is 59.1 Å². The maximum absolute atomic E-state index is 6.25. The van der Waals surface area contributed by atoms with E-state index in [1.165, 1.54) is 11.3 Å². The Labute approximate surface area is 187 Å². The van der Waals surface area contributed by atoms with Crippen LogP contribution in [0.1, 0.15) is 11.3 Å². The van der Waals surface area contributed by atoms with Crippen molar-refractivity contribution in [2.45, 2.75) is 19.4 Å². The van der Waals surface area contributed by atoms with Crippen LogP contribution in [-0.2, 0) is 6.42 Å². The number of para-hydroxylation sites is 3. The van der Waals surface area contributed by atoms with Gasteiger partial charge in [0.05, 0.1) is 17.7 Å². The number of fused-ring (bicyclic) bond motifs is 4. The fourth-order valence-corrected chi connectivity index (χ4v) is 4.67. The smallest absolute Gasteiger partial charge is 0.161 e. The third kappa shape index (κ3) is 3.40. The van der Waals surface area contributed by atoms with Crippen LogP contribution < -0.4 is 19.1 Å². The zero-order valence-electron chi connectivity index (χ0n) is 18.0. The van der Waals surface area contributed by atoms with Gasteiger partial charge in [0.1, 0.15) is 18.1 Å². The van der Waals surface area contributed by atoms with Gasteiger partial charge in [-0.05, 0) is 61.4 Å². The maximum atomic E-state index is 6.25. The summed E-state index contributed by atoms with van der Waals surface area (Å²) < 4.78 is 18.3. The SMILES string of the molecule is Cc1nc2ccc(Oc3ccccc3)cc2c2c1CCN2CC1COc2ccccc2O1. The topological polar surface area (TPSA) is 43.8 Å². The lowest BCUT2D eigenvalue weighted by Gasteiger charge is -2.31. The average Bonchev–Trinajstić information content (AvgIpc) is 3.25. The van der Waals surface area contributed by atoms with E-state index in [0.29, 0.717) is 6.61 Å². The minimum absolute atomic E-state index is 0.0249. The number of aromatic nitrogens is 1. The number of benzene rings is 3. The van der Waals surface area contributed by atoms with Gasteiger partial charge in [-0.15, -0.1) is 0 Å². The highest BCUT2D eigenvalue weighted by Gasteiger charge is 2.29. The van der Waals surface area contributed by atoms with Gasteiger partial charge in [-0.3, -0.25) is 4.98 Å². The molecular formula is C27H24N2O3. The highest BCUT2D eigenvalue weighted by Crippen LogP contribution is 2.39. The molecule has 6 rings (SSSR count). The molecule has 3 aromatic carbocycles. The molecule has 1 unspecified atom stereocenters. The Morgan fingerprint density at radius 1 is 0.969 bits per heavy atom. The molecule has 1 atom stereocenters. The number of anilines is 1. The summed E-state index contributed by atoms with van der Waals surface area (Å²) in [7, 11) is 0. The zero-order valence-corrected chi connectivity index (χ0v) is 18.0. The Bertz CT molecular complexity index is 1290. The van der Waals surface area contributed by atoms with E-state index in [-0.39, 0.29) is 6.10 Å². The van der Waals surface area contributed by atoms with Crippen molar-refractivity contribution >= 4 is 16.6 Å². The van der Waals surface area contributed by atoms with Crippen LogP contribution in [0.25, 0.3) is 10.9 Å². The Hall–Kier alpha value is -3.73. The van der Waals surface area contributed by atoms with E-state index in [4.69, 9.17) is 19.2 Å². The standard InChI is InChI=1S/C27H24N2O3/c1-18-22-13-14-29(16-21-17-30-25-9-5-6-10-26(25)32-21)27(22)23-15-20(11-12-24(23)28-18)31-19-7-3-2-4-8-19/h2-12,15,21H,13-14,16-17H2,1H3. The summed E-state index contributed by atoms with van der Waals surface area (Å²) in [5, 5.41) is 1.12. The van der Waals surface area contributed by atoms with E-state index < -0.39 is 0 Å². The number of aryl methyl sites for hydroxylation is 1. The Kier molecular flexibility index (Phi) is 4.60. The fraction of sp³-hybridized carbons (Fsp3) is 0.222. The molecule has 0 saturated heterocycles. The van der Waals surface area contributed by atoms with Gasteiger partial charge in [-0.25, -0.2) is 0 Å². The number of pyridine rings is 1. The van der Waals surface area contributed by atoms with Crippen molar-refractivity contribution in [2.24, 2.45) is 0 Å². The van der Waals surface area contributed by atoms with E-state index in [1.807, 2.05) is 66.7 Å². The molecule has 5 heteroatoms. The van der Waals surface area contributed by atoms with Gasteiger partial charge in [0, 0.05) is 17.6 Å². The zero-order chi connectivity index (χ0) is 21.5. The summed E-state index contributed by atoms with van der Waals surface area (Å²) in [6, 6.07) is 23.9. The minimum Gasteiger partial charge on any atom is -0.486 e. The Morgan fingerprint density at radius 2 is 1.78 bits per heavy atom. The predicted octanol–water partition coefficient (Wildman–Crippen LogP) is 5.54. The lowest BCUT2D eigenvalue weighted by atomic mass is 10.1. The molecular weight excluding hydrogens is 400 g/mol. The summed E-state index contributed by atoms with van der Waals surface area (Å²) in [4.78, 5) is 7.29. The highest BCUT2D eigenvalue weighted by molar-refractivity contribution is 5.96. The third-order valence-corrected chi connectivity index (χ3v) is 6.15. The van der Waals surface area contributed by atoms with Crippen LogP contribution in [0.4, 0.5) is 5.69 Å². The lowest BCUT2D eigenvalue weighted by molar-refractivity contribution is 0.0956. The molecule has 0 saturated carbocycles. The molecule has 0 bridgehead atoms. The van der Waals surface area contributed by atoms with Crippen LogP contribution in [0.5, 0.6) is 23.0 Å². The first kappa shape index (κ1) is 19.0. The molecule has 0 radical (unpaired) electrons. The van der Waals surface area contributed by atoms with Crippen molar-refractivity contribution in [3.8, 4) is 23.0 Å². The molecule has 0 amide bonds. The molecule has 4 aromatic rings. The van der Waals surface area contributed by atoms with Crippen LogP contribution in [0, 0.1) is 6.92 Å². The van der Waals surface area contributed by atoms with Crippen molar-refractivity contribution < 1.29 is 14.2 Å². The maximum Gasteiger partial charge on any atom is 0.161 e. The van der Waals surface area contributed by atoms with E-state index in [1.54, 1.807) is 0 Å². The van der Waals surface area contributed by atoms with Crippen molar-refractivity contribution in [2.75, 3.05) is 24.6 Å². The Balaban J connectivity index is 1.33. The molecule has 1 aromatic heterocycles. The average molecular weight is 425 g/mol. The van der Waals surface area contributed by atoms with Crippen LogP contribution in [0.2, 0.25) is 0 Å². The van der Waals surface area contributed by atoms with Crippen molar-refractivity contribution in [3.05, 3.63) is 84.1 Å². The first-order valence-corrected chi connectivity index (χ1v) is 11.0. The van der Waals surface area contributed by atoms with Crippen molar-refractivity contribution in [1.82, 2.24) is 4.98 Å². The number of rotatable bonds is 4. The van der Waals surface area contributed by atoms with E-state index >= 15 is 0 Å². The monoisotopic (exact) mass is 424 g/mol. The molecule has 3 heterocycles. The van der Waals surface area contributed by atoms with Gasteiger partial charge in [0.15, 0.2) is 17.6 Å². The second-order valence-electron chi connectivity index (χ2n) is 8.31. The summed E-state index contributed by atoms with van der Waals surface area (Å²) in [5.41, 5.74) is 4.64. The van der Waals surface area contributed by atoms with Crippen LogP contribution in [0.3, 0.4) is 0 Å². The van der Waals surface area contributed by atoms with Gasteiger partial charge >= 0.3 is 0 Å². The molecule has 0 fully saturated rings. The van der Waals surface area contributed by atoms with Crippen LogP contribution in [0.15, 0.2) is 72.8 Å². The van der Waals surface area contributed by atoms with Crippen molar-refractivity contribution in [3.63, 3.8) is 0 Å². The van der Waals surface area contributed by atoms with Gasteiger partial charge in [-0.1, -0.05) is 30.3 Å². The predicted molar refractivity (Wildman–Crippen MR) is 125 cm³/mol. The molecule has 160 valence electrons. The number of hydrogen-bond acceptors (Lipinski definition) is 5. The van der Waals surface area contributed by atoms with Gasteiger partial charge in [0.25, 0.3) is 0 Å². The first-order chi connectivity index (χ1) is 15.7. The van der Waals surface area contributed by atoms with Gasteiger partial charge < -0.3 is 19.1 Å². The molecule has 5 nitrogen and oxygen atoms in total. The number of nitrogens with zero attached hydrogens (tertiary/aromatic N) is 2. The fourth-order valence-electron chi connectivity index (χ4n) is 4.67. The highest BCUT2D eigenvalue weighted by atomic mass is 16.6. The molecule has 2 aliphatic heterocycles.